The van der Waals surface area contributed by atoms with Gasteiger partial charge in [-0.05, 0) is 32.1 Å². The number of nitrogens with one attached hydrogen (secondary N) is 1. The van der Waals surface area contributed by atoms with Gasteiger partial charge in [0.2, 0.25) is 0 Å². The van der Waals surface area contributed by atoms with E-state index in [0.29, 0.717) is 19.1 Å². The van der Waals surface area contributed by atoms with Crippen molar-refractivity contribution in [2.75, 3.05) is 32.8 Å². The number of hydrogen-bond donors (Lipinski definition) is 2. The van der Waals surface area contributed by atoms with Crippen molar-refractivity contribution in [2.24, 2.45) is 0 Å². The minimum Gasteiger partial charge on any atom is -0.395 e. The van der Waals surface area contributed by atoms with Crippen molar-refractivity contribution in [3.63, 3.8) is 0 Å². The third kappa shape index (κ3) is 5.13. The highest BCUT2D eigenvalue weighted by atomic mass is 16.3. The minimum atomic E-state index is -0.00739. The largest absolute Gasteiger partial charge is 0.395 e. The summed E-state index contributed by atoms with van der Waals surface area (Å²) < 4.78 is 0. The van der Waals surface area contributed by atoms with Gasteiger partial charge in [0, 0.05) is 38.3 Å². The minimum absolute atomic E-state index is 0.00739. The van der Waals surface area contributed by atoms with Crippen molar-refractivity contribution < 1.29 is 9.90 Å². The van der Waals surface area contributed by atoms with Crippen LogP contribution < -0.4 is 5.32 Å². The molecular weight excluding hydrogens is 278 g/mol. The SMILES string of the molecule is CCCN(CCO)C(=O)NC1CCN(C2CCCCC2)CC1. The van der Waals surface area contributed by atoms with Crippen molar-refractivity contribution >= 4 is 6.03 Å². The second-order valence-corrected chi connectivity index (χ2v) is 6.76. The zero-order chi connectivity index (χ0) is 15.8. The van der Waals surface area contributed by atoms with Crippen molar-refractivity contribution in [2.45, 2.75) is 70.4 Å². The van der Waals surface area contributed by atoms with E-state index < -0.39 is 0 Å². The maximum absolute atomic E-state index is 12.3. The lowest BCUT2D eigenvalue weighted by Gasteiger charge is -2.39. The highest BCUT2D eigenvalue weighted by molar-refractivity contribution is 5.74. The number of aliphatic hydroxyl groups excluding tert-OH is 1. The second kappa shape index (κ2) is 9.36. The fourth-order valence-electron chi connectivity index (χ4n) is 3.83. The van der Waals surface area contributed by atoms with E-state index >= 15 is 0 Å². The van der Waals surface area contributed by atoms with E-state index in [0.717, 1.165) is 38.4 Å². The van der Waals surface area contributed by atoms with Crippen molar-refractivity contribution in [1.82, 2.24) is 15.1 Å². The van der Waals surface area contributed by atoms with E-state index in [1.165, 1.54) is 32.1 Å². The Morgan fingerprint density at radius 1 is 1.14 bits per heavy atom. The lowest BCUT2D eigenvalue weighted by molar-refractivity contribution is 0.113. The third-order valence-corrected chi connectivity index (χ3v) is 5.10. The van der Waals surface area contributed by atoms with Gasteiger partial charge in [-0.2, -0.15) is 0 Å². The van der Waals surface area contributed by atoms with E-state index in [1.54, 1.807) is 4.90 Å². The van der Waals surface area contributed by atoms with Gasteiger partial charge in [-0.25, -0.2) is 4.79 Å². The number of rotatable bonds is 6. The summed E-state index contributed by atoms with van der Waals surface area (Å²) in [4.78, 5) is 16.6. The summed E-state index contributed by atoms with van der Waals surface area (Å²) in [6.45, 7) is 5.47. The summed E-state index contributed by atoms with van der Waals surface area (Å²) in [5.74, 6) is 0. The van der Waals surface area contributed by atoms with E-state index in [9.17, 15) is 4.79 Å². The van der Waals surface area contributed by atoms with Gasteiger partial charge in [-0.15, -0.1) is 0 Å². The van der Waals surface area contributed by atoms with Gasteiger partial charge in [0.05, 0.1) is 6.61 Å². The molecule has 1 aliphatic carbocycles. The molecular formula is C17H33N3O2. The van der Waals surface area contributed by atoms with Crippen LogP contribution in [-0.4, -0.2) is 65.8 Å². The van der Waals surface area contributed by atoms with Crippen LogP contribution in [0.2, 0.25) is 0 Å². The molecule has 0 spiro atoms. The first kappa shape index (κ1) is 17.5. The highest BCUT2D eigenvalue weighted by Crippen LogP contribution is 2.25. The number of carbonyl (C=O) groups excluding carboxylic acids is 1. The molecule has 0 radical (unpaired) electrons. The normalized spacial score (nSPS) is 21.7. The lowest BCUT2D eigenvalue weighted by Crippen LogP contribution is -2.51. The highest BCUT2D eigenvalue weighted by Gasteiger charge is 2.27. The van der Waals surface area contributed by atoms with Crippen molar-refractivity contribution in [3.8, 4) is 0 Å². The first-order chi connectivity index (χ1) is 10.7. The van der Waals surface area contributed by atoms with Crippen LogP contribution in [0.25, 0.3) is 0 Å². The van der Waals surface area contributed by atoms with Crippen LogP contribution in [-0.2, 0) is 0 Å². The van der Waals surface area contributed by atoms with Crippen LogP contribution in [0.3, 0.4) is 0 Å². The monoisotopic (exact) mass is 311 g/mol. The van der Waals surface area contributed by atoms with Crippen LogP contribution >= 0.6 is 0 Å². The summed E-state index contributed by atoms with van der Waals surface area (Å²) in [6.07, 6.45) is 9.93. The zero-order valence-electron chi connectivity index (χ0n) is 14.1. The van der Waals surface area contributed by atoms with E-state index in [1.807, 2.05) is 0 Å². The summed E-state index contributed by atoms with van der Waals surface area (Å²) >= 11 is 0. The number of urea groups is 1. The van der Waals surface area contributed by atoms with Gasteiger partial charge < -0.3 is 20.2 Å². The number of nitrogens with zero attached hydrogens (tertiary/aromatic N) is 2. The Hall–Kier alpha value is -0.810. The topological polar surface area (TPSA) is 55.8 Å². The molecule has 2 fully saturated rings. The molecule has 0 unspecified atom stereocenters. The van der Waals surface area contributed by atoms with E-state index in [2.05, 4.69) is 17.1 Å². The molecule has 1 saturated carbocycles. The average molecular weight is 311 g/mol. The Balaban J connectivity index is 1.72. The van der Waals surface area contributed by atoms with Gasteiger partial charge in [0.25, 0.3) is 0 Å². The predicted molar refractivity (Wildman–Crippen MR) is 88.9 cm³/mol. The van der Waals surface area contributed by atoms with Gasteiger partial charge in [0.15, 0.2) is 0 Å². The molecule has 5 heteroatoms. The standard InChI is InChI=1S/C17H33N3O2/c1-2-10-20(13-14-21)17(22)18-15-8-11-19(12-9-15)16-6-4-3-5-7-16/h15-16,21H,2-14H2,1H3,(H,18,22). The van der Waals surface area contributed by atoms with Crippen LogP contribution in [0.5, 0.6) is 0 Å². The van der Waals surface area contributed by atoms with Gasteiger partial charge in [-0.1, -0.05) is 26.2 Å². The predicted octanol–water partition coefficient (Wildman–Crippen LogP) is 2.20. The molecule has 0 atom stereocenters. The number of aliphatic hydroxyl groups is 1. The summed E-state index contributed by atoms with van der Waals surface area (Å²) in [6, 6.07) is 1.08. The maximum atomic E-state index is 12.3. The Labute approximate surface area is 135 Å². The maximum Gasteiger partial charge on any atom is 0.317 e. The number of likely N-dealkylation sites (tertiary alicyclic amines) is 1. The Bertz CT molecular complexity index is 318. The molecule has 0 aromatic heterocycles. The fourth-order valence-corrected chi connectivity index (χ4v) is 3.83. The molecule has 5 nitrogen and oxygen atoms in total. The molecule has 2 aliphatic rings. The van der Waals surface area contributed by atoms with Gasteiger partial charge in [-0.3, -0.25) is 0 Å². The number of piperidine rings is 1. The Kier molecular flexibility index (Phi) is 7.46. The molecule has 1 heterocycles. The summed E-state index contributed by atoms with van der Waals surface area (Å²) in [5, 5.41) is 12.2. The van der Waals surface area contributed by atoms with Crippen molar-refractivity contribution in [1.29, 1.82) is 0 Å². The van der Waals surface area contributed by atoms with Gasteiger partial charge >= 0.3 is 6.03 Å². The molecule has 0 aromatic rings. The second-order valence-electron chi connectivity index (χ2n) is 6.76. The van der Waals surface area contributed by atoms with Crippen LogP contribution in [0.15, 0.2) is 0 Å². The number of hydrogen-bond acceptors (Lipinski definition) is 3. The smallest absolute Gasteiger partial charge is 0.317 e. The number of carbonyl (C=O) groups is 1. The molecule has 0 bridgehead atoms. The molecule has 1 aliphatic heterocycles. The van der Waals surface area contributed by atoms with E-state index in [-0.39, 0.29) is 12.6 Å². The molecule has 2 N–H and O–H groups in total. The fraction of sp³-hybridized carbons (Fsp3) is 0.941. The van der Waals surface area contributed by atoms with Crippen LogP contribution in [0, 0.1) is 0 Å². The molecule has 22 heavy (non-hydrogen) atoms. The van der Waals surface area contributed by atoms with Crippen LogP contribution in [0.1, 0.15) is 58.3 Å². The Morgan fingerprint density at radius 3 is 2.41 bits per heavy atom. The first-order valence-corrected chi connectivity index (χ1v) is 9.15. The molecule has 0 aromatic carbocycles. The van der Waals surface area contributed by atoms with Crippen molar-refractivity contribution in [3.05, 3.63) is 0 Å². The summed E-state index contributed by atoms with van der Waals surface area (Å²) in [5.41, 5.74) is 0. The third-order valence-electron chi connectivity index (χ3n) is 5.10. The average Bonchev–Trinajstić information content (AvgIpc) is 2.56. The van der Waals surface area contributed by atoms with Crippen LogP contribution in [0.4, 0.5) is 4.79 Å². The van der Waals surface area contributed by atoms with E-state index in [4.69, 9.17) is 5.11 Å². The molecule has 1 saturated heterocycles. The van der Waals surface area contributed by atoms with Gasteiger partial charge in [0.1, 0.15) is 0 Å². The zero-order valence-corrected chi connectivity index (χ0v) is 14.1. The lowest BCUT2D eigenvalue weighted by atomic mass is 9.92. The Morgan fingerprint density at radius 2 is 1.82 bits per heavy atom. The quantitative estimate of drug-likeness (QED) is 0.790. The summed E-state index contributed by atoms with van der Waals surface area (Å²) in [7, 11) is 0. The molecule has 2 rings (SSSR count). The first-order valence-electron chi connectivity index (χ1n) is 9.15. The molecule has 2 amide bonds. The molecule has 128 valence electrons. The number of amides is 2.